The van der Waals surface area contributed by atoms with Crippen LogP contribution >= 0.6 is 12.4 Å². The summed E-state index contributed by atoms with van der Waals surface area (Å²) in [6.45, 7) is 1.49. The lowest BCUT2D eigenvalue weighted by Gasteiger charge is -2.14. The third-order valence-corrected chi connectivity index (χ3v) is 2.07. The normalized spacial score (nSPS) is 10.9. The summed E-state index contributed by atoms with van der Waals surface area (Å²) in [5.74, 6) is -3.44. The van der Waals surface area contributed by atoms with Crippen molar-refractivity contribution in [3.05, 3.63) is 17.0 Å². The molecule has 0 aromatic carbocycles. The first-order valence-electron chi connectivity index (χ1n) is 4.66. The van der Waals surface area contributed by atoms with Crippen molar-refractivity contribution < 1.29 is 18.1 Å². The minimum absolute atomic E-state index is 0. The number of amides is 1. The van der Waals surface area contributed by atoms with E-state index in [9.17, 15) is 13.6 Å². The topological polar surface area (TPSA) is 81.2 Å². The number of carbonyl (C=O) groups excluding carboxylic acids is 1. The highest BCUT2D eigenvalue weighted by Crippen LogP contribution is 2.13. The number of carbonyl (C=O) groups is 1. The smallest absolute Gasteiger partial charge is 0.277 e. The van der Waals surface area contributed by atoms with Crippen LogP contribution in [0.1, 0.15) is 21.8 Å². The zero-order chi connectivity index (χ0) is 12.3. The van der Waals surface area contributed by atoms with Crippen LogP contribution in [0.5, 0.6) is 0 Å². The van der Waals surface area contributed by atoms with Crippen molar-refractivity contribution in [3.63, 3.8) is 0 Å². The quantitative estimate of drug-likeness (QED) is 0.856. The van der Waals surface area contributed by atoms with E-state index in [1.165, 1.54) is 6.92 Å². The number of alkyl halides is 2. The van der Waals surface area contributed by atoms with E-state index in [-0.39, 0.29) is 18.0 Å². The van der Waals surface area contributed by atoms with Gasteiger partial charge in [0, 0.05) is 0 Å². The zero-order valence-electron chi connectivity index (χ0n) is 9.42. The summed E-state index contributed by atoms with van der Waals surface area (Å²) in [7, 11) is 0. The molecule has 98 valence electrons. The first kappa shape index (κ1) is 15.8. The molecule has 0 fully saturated rings. The molecule has 8 heteroatoms. The number of aryl methyl sites for hydroxylation is 2. The Labute approximate surface area is 103 Å². The number of nitrogens with two attached hydrogens (primary N) is 1. The molecule has 0 saturated carbocycles. The molecule has 3 N–H and O–H groups in total. The largest absolute Gasteiger partial charge is 0.361 e. The van der Waals surface area contributed by atoms with Gasteiger partial charge in [0.05, 0.1) is 18.8 Å². The lowest BCUT2D eigenvalue weighted by atomic mass is 10.2. The molecule has 1 amide bonds. The summed E-state index contributed by atoms with van der Waals surface area (Å²) in [4.78, 5) is 11.5. The molecule has 0 aliphatic carbocycles. The van der Waals surface area contributed by atoms with Gasteiger partial charge < -0.3 is 15.6 Å². The molecule has 1 heterocycles. The van der Waals surface area contributed by atoms with E-state index in [0.717, 1.165) is 0 Å². The highest BCUT2D eigenvalue weighted by atomic mass is 35.5. The molecular weight excluding hydrogens is 256 g/mol. The van der Waals surface area contributed by atoms with Gasteiger partial charge in [0.25, 0.3) is 11.8 Å². The molecular formula is C9H14ClF2N3O2. The van der Waals surface area contributed by atoms with Crippen LogP contribution in [0.25, 0.3) is 0 Å². The Bertz CT molecular complexity index is 376. The summed E-state index contributed by atoms with van der Waals surface area (Å²) >= 11 is 0. The molecule has 0 aliphatic heterocycles. The molecule has 0 bridgehead atoms. The number of hydrogen-bond acceptors (Lipinski definition) is 4. The number of hydrogen-bond donors (Lipinski definition) is 2. The fourth-order valence-corrected chi connectivity index (χ4v) is 1.18. The van der Waals surface area contributed by atoms with Crippen molar-refractivity contribution >= 4 is 18.3 Å². The number of halogens is 3. The summed E-state index contributed by atoms with van der Waals surface area (Å²) < 4.78 is 30.3. The van der Waals surface area contributed by atoms with Gasteiger partial charge in [-0.1, -0.05) is 5.16 Å². The molecule has 5 nitrogen and oxygen atoms in total. The Morgan fingerprint density at radius 3 is 2.53 bits per heavy atom. The van der Waals surface area contributed by atoms with E-state index < -0.39 is 24.9 Å². The zero-order valence-corrected chi connectivity index (χ0v) is 10.2. The maximum atomic E-state index is 12.8. The Kier molecular flexibility index (Phi) is 5.50. The van der Waals surface area contributed by atoms with Crippen LogP contribution in [0.15, 0.2) is 4.52 Å². The average Bonchev–Trinajstić information content (AvgIpc) is 2.55. The van der Waals surface area contributed by atoms with Gasteiger partial charge in [0.2, 0.25) is 0 Å². The lowest BCUT2D eigenvalue weighted by molar-refractivity contribution is 0.0118. The van der Waals surface area contributed by atoms with Gasteiger partial charge in [0.15, 0.2) is 0 Å². The van der Waals surface area contributed by atoms with Crippen molar-refractivity contribution in [2.75, 3.05) is 13.1 Å². The standard InChI is InChI=1S/C9H13F2N3O2.ClH/c1-5-7(6(2)16-14-5)8(15)13-4-9(10,11)3-12;/h3-4,12H2,1-2H3,(H,13,15);1H. The van der Waals surface area contributed by atoms with Crippen LogP contribution in [0.2, 0.25) is 0 Å². The van der Waals surface area contributed by atoms with E-state index in [4.69, 9.17) is 10.3 Å². The molecule has 0 atom stereocenters. The van der Waals surface area contributed by atoms with Crippen molar-refractivity contribution in [1.29, 1.82) is 0 Å². The summed E-state index contributed by atoms with van der Waals surface area (Å²) in [5.41, 5.74) is 5.39. The Balaban J connectivity index is 0.00000256. The number of aromatic nitrogens is 1. The van der Waals surface area contributed by atoms with Gasteiger partial charge in [-0.05, 0) is 13.8 Å². The maximum Gasteiger partial charge on any atom is 0.277 e. The van der Waals surface area contributed by atoms with Crippen LogP contribution in [-0.4, -0.2) is 30.1 Å². The minimum atomic E-state index is -3.10. The molecule has 0 aliphatic rings. The molecule has 0 saturated heterocycles. The molecule has 1 aromatic heterocycles. The van der Waals surface area contributed by atoms with Gasteiger partial charge in [-0.15, -0.1) is 12.4 Å². The Hall–Kier alpha value is -1.21. The lowest BCUT2D eigenvalue weighted by Crippen LogP contribution is -2.41. The molecule has 0 radical (unpaired) electrons. The first-order chi connectivity index (χ1) is 7.37. The van der Waals surface area contributed by atoms with E-state index >= 15 is 0 Å². The summed E-state index contributed by atoms with van der Waals surface area (Å²) in [5, 5.41) is 5.64. The molecule has 0 spiro atoms. The summed E-state index contributed by atoms with van der Waals surface area (Å²) in [6.07, 6.45) is 0. The SMILES string of the molecule is Cc1noc(C)c1C(=O)NCC(F)(F)CN.Cl. The molecule has 0 unspecified atom stereocenters. The Morgan fingerprint density at radius 2 is 2.12 bits per heavy atom. The fraction of sp³-hybridized carbons (Fsp3) is 0.556. The minimum Gasteiger partial charge on any atom is -0.361 e. The van der Waals surface area contributed by atoms with Crippen LogP contribution < -0.4 is 11.1 Å². The fourth-order valence-electron chi connectivity index (χ4n) is 1.18. The highest BCUT2D eigenvalue weighted by molar-refractivity contribution is 5.96. The van der Waals surface area contributed by atoms with Crippen LogP contribution in [0.4, 0.5) is 8.78 Å². The average molecular weight is 270 g/mol. The molecule has 1 aromatic rings. The summed E-state index contributed by atoms with van der Waals surface area (Å²) in [6, 6.07) is 0. The van der Waals surface area contributed by atoms with Gasteiger partial charge >= 0.3 is 0 Å². The third kappa shape index (κ3) is 3.94. The van der Waals surface area contributed by atoms with E-state index in [0.29, 0.717) is 11.5 Å². The van der Waals surface area contributed by atoms with E-state index in [2.05, 4.69) is 10.5 Å². The first-order valence-corrected chi connectivity index (χ1v) is 4.66. The van der Waals surface area contributed by atoms with Crippen molar-refractivity contribution in [2.24, 2.45) is 5.73 Å². The van der Waals surface area contributed by atoms with Crippen molar-refractivity contribution in [3.8, 4) is 0 Å². The van der Waals surface area contributed by atoms with Crippen molar-refractivity contribution in [1.82, 2.24) is 10.5 Å². The number of nitrogens with zero attached hydrogens (tertiary/aromatic N) is 1. The third-order valence-electron chi connectivity index (χ3n) is 2.07. The van der Waals surface area contributed by atoms with Gasteiger partial charge in [-0.25, -0.2) is 8.78 Å². The molecule has 1 rings (SSSR count). The number of nitrogens with one attached hydrogen (secondary N) is 1. The number of rotatable bonds is 4. The monoisotopic (exact) mass is 269 g/mol. The van der Waals surface area contributed by atoms with Gasteiger partial charge in [-0.3, -0.25) is 4.79 Å². The van der Waals surface area contributed by atoms with E-state index in [1.54, 1.807) is 6.92 Å². The highest BCUT2D eigenvalue weighted by Gasteiger charge is 2.28. The maximum absolute atomic E-state index is 12.8. The predicted octanol–water partition coefficient (Wildman–Crippen LogP) is 1.04. The second kappa shape index (κ2) is 5.92. The second-order valence-corrected chi connectivity index (χ2v) is 3.44. The van der Waals surface area contributed by atoms with Crippen LogP contribution in [0, 0.1) is 13.8 Å². The van der Waals surface area contributed by atoms with Gasteiger partial charge in [0.1, 0.15) is 11.3 Å². The Morgan fingerprint density at radius 1 is 1.53 bits per heavy atom. The van der Waals surface area contributed by atoms with E-state index in [1.807, 2.05) is 0 Å². The van der Waals surface area contributed by atoms with Crippen LogP contribution in [-0.2, 0) is 0 Å². The van der Waals surface area contributed by atoms with Gasteiger partial charge in [-0.2, -0.15) is 0 Å². The predicted molar refractivity (Wildman–Crippen MR) is 59.6 cm³/mol. The second-order valence-electron chi connectivity index (χ2n) is 3.44. The molecule has 17 heavy (non-hydrogen) atoms. The van der Waals surface area contributed by atoms with Crippen LogP contribution in [0.3, 0.4) is 0 Å². The van der Waals surface area contributed by atoms with Crippen molar-refractivity contribution in [2.45, 2.75) is 19.8 Å².